The summed E-state index contributed by atoms with van der Waals surface area (Å²) in [6.07, 6.45) is 6.54. The predicted octanol–water partition coefficient (Wildman–Crippen LogP) is 3.26. The van der Waals surface area contributed by atoms with E-state index in [1.807, 2.05) is 0 Å². The zero-order valence-corrected chi connectivity index (χ0v) is 12.4. The first-order chi connectivity index (χ1) is 7.97. The van der Waals surface area contributed by atoms with Crippen LogP contribution >= 0.6 is 0 Å². The molecular formula is C15H32N2. The van der Waals surface area contributed by atoms with Crippen molar-refractivity contribution in [2.24, 2.45) is 16.6 Å². The molecule has 2 heteroatoms. The first kappa shape index (κ1) is 15.0. The molecule has 0 aromatic heterocycles. The Kier molecular flexibility index (Phi) is 5.46. The van der Waals surface area contributed by atoms with Crippen molar-refractivity contribution in [1.29, 1.82) is 0 Å². The maximum atomic E-state index is 5.96. The summed E-state index contributed by atoms with van der Waals surface area (Å²) < 4.78 is 0. The summed E-state index contributed by atoms with van der Waals surface area (Å²) in [5.74, 6) is 0. The van der Waals surface area contributed by atoms with Gasteiger partial charge in [-0.3, -0.25) is 0 Å². The number of rotatable bonds is 6. The van der Waals surface area contributed by atoms with Crippen LogP contribution in [0.3, 0.4) is 0 Å². The molecule has 0 aliphatic carbocycles. The molecule has 1 aliphatic heterocycles. The van der Waals surface area contributed by atoms with Gasteiger partial charge in [-0.2, -0.15) is 0 Å². The summed E-state index contributed by atoms with van der Waals surface area (Å²) in [5, 5.41) is 0. The smallest absolute Gasteiger partial charge is 0.00474 e. The molecule has 0 aromatic rings. The van der Waals surface area contributed by atoms with Crippen LogP contribution in [0.2, 0.25) is 0 Å². The van der Waals surface area contributed by atoms with Crippen molar-refractivity contribution in [3.05, 3.63) is 0 Å². The fourth-order valence-corrected chi connectivity index (χ4v) is 2.99. The van der Waals surface area contributed by atoms with Gasteiger partial charge in [-0.25, -0.2) is 0 Å². The fraction of sp³-hybridized carbons (Fsp3) is 1.00. The minimum atomic E-state index is 0.328. The first-order valence-electron chi connectivity index (χ1n) is 7.39. The normalized spacial score (nSPS) is 24.5. The highest BCUT2D eigenvalue weighted by atomic mass is 15.1. The van der Waals surface area contributed by atoms with Gasteiger partial charge in [0.25, 0.3) is 0 Å². The highest BCUT2D eigenvalue weighted by Crippen LogP contribution is 2.35. The topological polar surface area (TPSA) is 29.3 Å². The van der Waals surface area contributed by atoms with Crippen LogP contribution in [0.1, 0.15) is 59.8 Å². The lowest BCUT2D eigenvalue weighted by molar-refractivity contribution is 0.0764. The summed E-state index contributed by atoms with van der Waals surface area (Å²) >= 11 is 0. The molecule has 0 amide bonds. The lowest BCUT2D eigenvalue weighted by atomic mass is 9.77. The third-order valence-corrected chi connectivity index (χ3v) is 4.87. The van der Waals surface area contributed by atoms with Crippen molar-refractivity contribution in [3.63, 3.8) is 0 Å². The fourth-order valence-electron chi connectivity index (χ4n) is 2.99. The van der Waals surface area contributed by atoms with Crippen molar-refractivity contribution in [2.45, 2.75) is 59.8 Å². The minimum absolute atomic E-state index is 0.328. The van der Waals surface area contributed by atoms with Crippen molar-refractivity contribution in [1.82, 2.24) is 4.90 Å². The first-order valence-corrected chi connectivity index (χ1v) is 7.39. The van der Waals surface area contributed by atoms with Gasteiger partial charge in [0.05, 0.1) is 0 Å². The molecule has 1 aliphatic rings. The van der Waals surface area contributed by atoms with Gasteiger partial charge in [-0.15, -0.1) is 0 Å². The minimum Gasteiger partial charge on any atom is -0.330 e. The van der Waals surface area contributed by atoms with E-state index in [0.717, 1.165) is 6.54 Å². The van der Waals surface area contributed by atoms with Crippen molar-refractivity contribution in [3.8, 4) is 0 Å². The largest absolute Gasteiger partial charge is 0.330 e. The number of hydrogen-bond acceptors (Lipinski definition) is 2. The molecule has 1 rings (SSSR count). The molecule has 2 N–H and O–H groups in total. The second-order valence-corrected chi connectivity index (χ2v) is 6.71. The molecule has 0 spiro atoms. The third-order valence-electron chi connectivity index (χ3n) is 4.87. The zero-order chi connectivity index (χ0) is 12.9. The molecule has 102 valence electrons. The molecule has 1 saturated heterocycles. The summed E-state index contributed by atoms with van der Waals surface area (Å²) in [6.45, 7) is 13.9. The predicted molar refractivity (Wildman–Crippen MR) is 76.1 cm³/mol. The Morgan fingerprint density at radius 3 is 2.24 bits per heavy atom. The molecular weight excluding hydrogens is 208 g/mol. The maximum Gasteiger partial charge on any atom is 0.00474 e. The summed E-state index contributed by atoms with van der Waals surface area (Å²) in [4.78, 5) is 2.64. The van der Waals surface area contributed by atoms with Crippen LogP contribution in [-0.2, 0) is 0 Å². The molecule has 17 heavy (non-hydrogen) atoms. The Labute approximate surface area is 108 Å². The van der Waals surface area contributed by atoms with E-state index in [9.17, 15) is 0 Å². The monoisotopic (exact) mass is 240 g/mol. The van der Waals surface area contributed by atoms with Crippen LogP contribution in [-0.4, -0.2) is 31.1 Å². The summed E-state index contributed by atoms with van der Waals surface area (Å²) in [7, 11) is 0. The van der Waals surface area contributed by atoms with Crippen LogP contribution in [0.25, 0.3) is 0 Å². The van der Waals surface area contributed by atoms with E-state index < -0.39 is 0 Å². The second kappa shape index (κ2) is 6.19. The summed E-state index contributed by atoms with van der Waals surface area (Å²) in [5.41, 5.74) is 6.89. The van der Waals surface area contributed by atoms with Gasteiger partial charge < -0.3 is 10.6 Å². The van der Waals surface area contributed by atoms with Gasteiger partial charge in [0.1, 0.15) is 0 Å². The Hall–Kier alpha value is -0.0800. The highest BCUT2D eigenvalue weighted by molar-refractivity contribution is 4.85. The number of piperidine rings is 1. The molecule has 0 aromatic carbocycles. The molecule has 1 heterocycles. The van der Waals surface area contributed by atoms with Crippen molar-refractivity contribution in [2.75, 3.05) is 26.2 Å². The van der Waals surface area contributed by atoms with E-state index in [1.165, 1.54) is 51.7 Å². The molecule has 0 bridgehead atoms. The highest BCUT2D eigenvalue weighted by Gasteiger charge is 2.31. The van der Waals surface area contributed by atoms with E-state index in [4.69, 9.17) is 5.73 Å². The van der Waals surface area contributed by atoms with E-state index in [2.05, 4.69) is 32.6 Å². The lowest BCUT2D eigenvalue weighted by Gasteiger charge is -2.42. The van der Waals surface area contributed by atoms with Crippen molar-refractivity contribution < 1.29 is 0 Å². The maximum absolute atomic E-state index is 5.96. The molecule has 2 nitrogen and oxygen atoms in total. The number of nitrogens with zero attached hydrogens (tertiary/aromatic N) is 1. The average Bonchev–Trinajstić information content (AvgIpc) is 2.33. The molecule has 1 unspecified atom stereocenters. The lowest BCUT2D eigenvalue weighted by Crippen LogP contribution is -2.45. The van der Waals surface area contributed by atoms with Crippen LogP contribution in [0.4, 0.5) is 0 Å². The van der Waals surface area contributed by atoms with Gasteiger partial charge in [-0.1, -0.05) is 40.5 Å². The van der Waals surface area contributed by atoms with Gasteiger partial charge in [-0.05, 0) is 49.7 Å². The average molecular weight is 240 g/mol. The standard InChI is InChI=1S/C15H32N2/c1-5-7-15(4,12-16)13-17-10-8-14(3,6-2)9-11-17/h5-13,16H2,1-4H3. The third kappa shape index (κ3) is 4.26. The Morgan fingerprint density at radius 1 is 1.24 bits per heavy atom. The second-order valence-electron chi connectivity index (χ2n) is 6.71. The zero-order valence-electron chi connectivity index (χ0n) is 12.4. The van der Waals surface area contributed by atoms with E-state index in [-0.39, 0.29) is 0 Å². The van der Waals surface area contributed by atoms with Crippen LogP contribution in [0, 0.1) is 10.8 Å². The number of hydrogen-bond donors (Lipinski definition) is 1. The Bertz CT molecular complexity index is 219. The summed E-state index contributed by atoms with van der Waals surface area (Å²) in [6, 6.07) is 0. The van der Waals surface area contributed by atoms with Crippen LogP contribution in [0.5, 0.6) is 0 Å². The van der Waals surface area contributed by atoms with Crippen LogP contribution in [0.15, 0.2) is 0 Å². The Balaban J connectivity index is 2.44. The van der Waals surface area contributed by atoms with E-state index in [1.54, 1.807) is 0 Å². The van der Waals surface area contributed by atoms with E-state index in [0.29, 0.717) is 10.8 Å². The number of likely N-dealkylation sites (tertiary alicyclic amines) is 1. The van der Waals surface area contributed by atoms with Gasteiger partial charge in [0.15, 0.2) is 0 Å². The molecule has 0 saturated carbocycles. The SMILES string of the molecule is CCCC(C)(CN)CN1CCC(C)(CC)CC1. The molecule has 0 radical (unpaired) electrons. The quantitative estimate of drug-likeness (QED) is 0.772. The van der Waals surface area contributed by atoms with Gasteiger partial charge >= 0.3 is 0 Å². The van der Waals surface area contributed by atoms with Crippen molar-refractivity contribution >= 4 is 0 Å². The molecule has 1 atom stereocenters. The van der Waals surface area contributed by atoms with Crippen LogP contribution < -0.4 is 5.73 Å². The van der Waals surface area contributed by atoms with Gasteiger partial charge in [0.2, 0.25) is 0 Å². The Morgan fingerprint density at radius 2 is 1.82 bits per heavy atom. The van der Waals surface area contributed by atoms with Gasteiger partial charge in [0, 0.05) is 6.54 Å². The molecule has 1 fully saturated rings. The van der Waals surface area contributed by atoms with E-state index >= 15 is 0 Å². The number of nitrogens with two attached hydrogens (primary N) is 1.